The molecule has 0 amide bonds. The Hall–Kier alpha value is -1.42. The summed E-state index contributed by atoms with van der Waals surface area (Å²) in [4.78, 5) is 21.9. The summed E-state index contributed by atoms with van der Waals surface area (Å²) in [5, 5.41) is 18.3. The van der Waals surface area contributed by atoms with Crippen LogP contribution in [-0.2, 0) is 9.59 Å². The predicted octanol–water partition coefficient (Wildman–Crippen LogP) is 4.03. The van der Waals surface area contributed by atoms with Crippen molar-refractivity contribution in [2.45, 2.75) is 77.2 Å². The van der Waals surface area contributed by atoms with Gasteiger partial charge in [0.2, 0.25) is 0 Å². The summed E-state index contributed by atoms with van der Waals surface area (Å²) in [5.41, 5.74) is 0. The lowest BCUT2D eigenvalue weighted by Crippen LogP contribution is -2.03. The maximum Gasteiger partial charge on any atom is 0.303 e. The molecule has 0 saturated heterocycles. The second-order valence-corrected chi connectivity index (χ2v) is 5.51. The Morgan fingerprint density at radius 3 is 2.36 bits per heavy atom. The summed E-state index contributed by atoms with van der Waals surface area (Å²) in [6, 6.07) is 0. The van der Waals surface area contributed by atoms with Gasteiger partial charge in [-0.15, -0.1) is 0 Å². The highest BCUT2D eigenvalue weighted by molar-refractivity contribution is 5.89. The average Bonchev–Trinajstić information content (AvgIpc) is 2.48. The molecule has 4 nitrogen and oxygen atoms in total. The molecule has 4 heteroatoms. The Morgan fingerprint density at radius 1 is 1.00 bits per heavy atom. The standard InChI is InChI=1S/C18H30O4/c1-2-3-4-8-11-16(19)14-15-17(20)12-9-6-5-7-10-13-18(21)22/h3-4,14-15,17,20H,2,5-13H2,1H3,(H,21,22)/b4-3+,15-14+. The van der Waals surface area contributed by atoms with E-state index in [2.05, 4.69) is 6.92 Å². The van der Waals surface area contributed by atoms with E-state index in [1.165, 1.54) is 6.08 Å². The molecule has 126 valence electrons. The van der Waals surface area contributed by atoms with Crippen LogP contribution in [0.1, 0.15) is 71.1 Å². The van der Waals surface area contributed by atoms with E-state index in [1.807, 2.05) is 12.2 Å². The number of hydrogen-bond donors (Lipinski definition) is 2. The molecule has 22 heavy (non-hydrogen) atoms. The van der Waals surface area contributed by atoms with Crippen molar-refractivity contribution in [3.05, 3.63) is 24.3 Å². The third-order valence-corrected chi connectivity index (χ3v) is 3.35. The lowest BCUT2D eigenvalue weighted by atomic mass is 10.1. The van der Waals surface area contributed by atoms with E-state index >= 15 is 0 Å². The number of aliphatic hydroxyl groups excluding tert-OH is 1. The van der Waals surface area contributed by atoms with Gasteiger partial charge in [-0.25, -0.2) is 0 Å². The van der Waals surface area contributed by atoms with Crippen LogP contribution in [0.5, 0.6) is 0 Å². The van der Waals surface area contributed by atoms with Crippen molar-refractivity contribution in [3.8, 4) is 0 Å². The van der Waals surface area contributed by atoms with Crippen LogP contribution in [0.25, 0.3) is 0 Å². The Balaban J connectivity index is 3.57. The third kappa shape index (κ3) is 15.0. The van der Waals surface area contributed by atoms with Crippen molar-refractivity contribution in [3.63, 3.8) is 0 Å². The van der Waals surface area contributed by atoms with E-state index in [0.717, 1.165) is 44.9 Å². The van der Waals surface area contributed by atoms with Crippen molar-refractivity contribution < 1.29 is 19.8 Å². The highest BCUT2D eigenvalue weighted by atomic mass is 16.4. The monoisotopic (exact) mass is 310 g/mol. The number of hydrogen-bond acceptors (Lipinski definition) is 3. The molecule has 0 aliphatic heterocycles. The van der Waals surface area contributed by atoms with Gasteiger partial charge in [0.15, 0.2) is 5.78 Å². The first-order chi connectivity index (χ1) is 10.6. The van der Waals surface area contributed by atoms with Gasteiger partial charge in [-0.2, -0.15) is 0 Å². The molecular weight excluding hydrogens is 280 g/mol. The van der Waals surface area contributed by atoms with Gasteiger partial charge in [0, 0.05) is 12.8 Å². The predicted molar refractivity (Wildman–Crippen MR) is 88.8 cm³/mol. The molecule has 0 spiro atoms. The van der Waals surface area contributed by atoms with Gasteiger partial charge >= 0.3 is 5.97 Å². The fourth-order valence-corrected chi connectivity index (χ4v) is 2.07. The summed E-state index contributed by atoms with van der Waals surface area (Å²) >= 11 is 0. The van der Waals surface area contributed by atoms with Gasteiger partial charge in [0.05, 0.1) is 6.10 Å². The number of carbonyl (C=O) groups excluding carboxylic acids is 1. The molecule has 0 heterocycles. The normalized spacial score (nSPS) is 13.0. The minimum Gasteiger partial charge on any atom is -0.481 e. The zero-order valence-electron chi connectivity index (χ0n) is 13.7. The van der Waals surface area contributed by atoms with Gasteiger partial charge in [-0.3, -0.25) is 9.59 Å². The van der Waals surface area contributed by atoms with Crippen molar-refractivity contribution in [2.24, 2.45) is 0 Å². The Kier molecular flexibility index (Phi) is 13.6. The number of aliphatic carboxylic acids is 1. The fraction of sp³-hybridized carbons (Fsp3) is 0.667. The van der Waals surface area contributed by atoms with Gasteiger partial charge < -0.3 is 10.2 Å². The molecule has 0 rings (SSSR count). The number of rotatable bonds is 14. The van der Waals surface area contributed by atoms with Crippen LogP contribution in [0.4, 0.5) is 0 Å². The van der Waals surface area contributed by atoms with Gasteiger partial charge in [0.1, 0.15) is 0 Å². The maximum absolute atomic E-state index is 11.5. The number of aliphatic hydroxyl groups is 1. The molecule has 0 fully saturated rings. The number of carboxylic acids is 1. The molecule has 1 unspecified atom stereocenters. The number of carbonyl (C=O) groups is 2. The van der Waals surface area contributed by atoms with Gasteiger partial charge in [0.25, 0.3) is 0 Å². The number of carboxylic acid groups (broad SMARTS) is 1. The molecule has 0 bridgehead atoms. The lowest BCUT2D eigenvalue weighted by Gasteiger charge is -2.05. The summed E-state index contributed by atoms with van der Waals surface area (Å²) in [5.74, 6) is -0.691. The van der Waals surface area contributed by atoms with Crippen LogP contribution in [-0.4, -0.2) is 28.1 Å². The third-order valence-electron chi connectivity index (χ3n) is 3.35. The minimum atomic E-state index is -0.740. The van der Waals surface area contributed by atoms with Crippen LogP contribution in [0.15, 0.2) is 24.3 Å². The van der Waals surface area contributed by atoms with Crippen LogP contribution in [0.3, 0.4) is 0 Å². The zero-order valence-corrected chi connectivity index (χ0v) is 13.7. The molecular formula is C18H30O4. The molecule has 0 aliphatic carbocycles. The summed E-state index contributed by atoms with van der Waals surface area (Å²) in [7, 11) is 0. The van der Waals surface area contributed by atoms with Gasteiger partial charge in [-0.1, -0.05) is 50.8 Å². The first-order valence-electron chi connectivity index (χ1n) is 8.32. The van der Waals surface area contributed by atoms with E-state index in [-0.39, 0.29) is 12.2 Å². The summed E-state index contributed by atoms with van der Waals surface area (Å²) in [6.45, 7) is 2.06. The van der Waals surface area contributed by atoms with Crippen molar-refractivity contribution in [1.29, 1.82) is 0 Å². The molecule has 0 aromatic heterocycles. The molecule has 0 aromatic carbocycles. The molecule has 0 aromatic rings. The first-order valence-corrected chi connectivity index (χ1v) is 8.32. The topological polar surface area (TPSA) is 74.6 Å². The van der Waals surface area contributed by atoms with E-state index in [0.29, 0.717) is 12.8 Å². The largest absolute Gasteiger partial charge is 0.481 e. The van der Waals surface area contributed by atoms with Crippen molar-refractivity contribution >= 4 is 11.8 Å². The molecule has 2 N–H and O–H groups in total. The molecule has 1 atom stereocenters. The SMILES string of the molecule is CC/C=C/CCC(=O)/C=C/C(O)CCCCCCCC(=O)O. The van der Waals surface area contributed by atoms with Crippen LogP contribution in [0.2, 0.25) is 0 Å². The van der Waals surface area contributed by atoms with Crippen molar-refractivity contribution in [1.82, 2.24) is 0 Å². The van der Waals surface area contributed by atoms with Crippen molar-refractivity contribution in [2.75, 3.05) is 0 Å². The van der Waals surface area contributed by atoms with E-state index in [1.54, 1.807) is 6.08 Å². The quantitative estimate of drug-likeness (QED) is 0.288. The smallest absolute Gasteiger partial charge is 0.303 e. The minimum absolute atomic E-state index is 0.0495. The fourth-order valence-electron chi connectivity index (χ4n) is 2.07. The highest BCUT2D eigenvalue weighted by Gasteiger charge is 2.02. The number of allylic oxidation sites excluding steroid dienone is 3. The second kappa shape index (κ2) is 14.5. The number of ketones is 1. The Labute approximate surface area is 133 Å². The maximum atomic E-state index is 11.5. The average molecular weight is 310 g/mol. The first kappa shape index (κ1) is 20.6. The van der Waals surface area contributed by atoms with Crippen LogP contribution in [0, 0.1) is 0 Å². The van der Waals surface area contributed by atoms with E-state index in [9.17, 15) is 14.7 Å². The summed E-state index contributed by atoms with van der Waals surface area (Å²) < 4.78 is 0. The van der Waals surface area contributed by atoms with E-state index < -0.39 is 12.1 Å². The Morgan fingerprint density at radius 2 is 1.68 bits per heavy atom. The van der Waals surface area contributed by atoms with E-state index in [4.69, 9.17) is 5.11 Å². The van der Waals surface area contributed by atoms with Crippen LogP contribution < -0.4 is 0 Å². The Bertz CT molecular complexity index is 358. The second-order valence-electron chi connectivity index (χ2n) is 5.51. The van der Waals surface area contributed by atoms with Gasteiger partial charge in [-0.05, 0) is 31.8 Å². The van der Waals surface area contributed by atoms with Crippen LogP contribution >= 0.6 is 0 Å². The highest BCUT2D eigenvalue weighted by Crippen LogP contribution is 2.09. The number of unbranched alkanes of at least 4 members (excludes halogenated alkanes) is 4. The molecule has 0 aliphatic rings. The zero-order chi connectivity index (χ0) is 16.6. The summed E-state index contributed by atoms with van der Waals surface area (Å²) in [6.07, 6.45) is 14.2. The lowest BCUT2D eigenvalue weighted by molar-refractivity contribution is -0.137. The molecule has 0 saturated carbocycles. The molecule has 0 radical (unpaired) electrons.